The van der Waals surface area contributed by atoms with Gasteiger partial charge in [-0.25, -0.2) is 0 Å². The Morgan fingerprint density at radius 1 is 1.16 bits per heavy atom. The molecule has 0 saturated heterocycles. The first-order chi connectivity index (χ1) is 9.18. The molecule has 0 fully saturated rings. The van der Waals surface area contributed by atoms with Crippen molar-refractivity contribution in [3.05, 3.63) is 34.7 Å². The van der Waals surface area contributed by atoms with Crippen molar-refractivity contribution in [3.8, 4) is 0 Å². The molecule has 0 radical (unpaired) electrons. The van der Waals surface area contributed by atoms with E-state index in [9.17, 15) is 4.79 Å². The fourth-order valence-corrected chi connectivity index (χ4v) is 2.96. The predicted molar refractivity (Wildman–Crippen MR) is 74.3 cm³/mol. The Kier molecular flexibility index (Phi) is 3.06. The van der Waals surface area contributed by atoms with Gasteiger partial charge in [-0.1, -0.05) is 0 Å². The van der Waals surface area contributed by atoms with Gasteiger partial charge < -0.3 is 13.9 Å². The highest BCUT2D eigenvalue weighted by atomic mass is 79.9. The fraction of sp³-hybridized carbons (Fsp3) is 0.214. The minimum Gasteiger partial charge on any atom is -0.481 e. The number of halogens is 1. The highest BCUT2D eigenvalue weighted by molar-refractivity contribution is 9.10. The van der Waals surface area contributed by atoms with Crippen LogP contribution in [-0.4, -0.2) is 11.1 Å². The smallest absolute Gasteiger partial charge is 0.303 e. The maximum atomic E-state index is 10.6. The van der Waals surface area contributed by atoms with Crippen molar-refractivity contribution in [1.82, 2.24) is 0 Å². The molecule has 3 aromatic rings. The van der Waals surface area contributed by atoms with Crippen molar-refractivity contribution < 1.29 is 18.7 Å². The molecule has 19 heavy (non-hydrogen) atoms. The van der Waals surface area contributed by atoms with E-state index < -0.39 is 5.97 Å². The minimum absolute atomic E-state index is 0.150. The maximum absolute atomic E-state index is 10.6. The molecule has 0 aliphatic heterocycles. The quantitative estimate of drug-likeness (QED) is 0.775. The van der Waals surface area contributed by atoms with E-state index in [1.54, 1.807) is 12.5 Å². The van der Waals surface area contributed by atoms with Gasteiger partial charge in [-0.3, -0.25) is 4.79 Å². The second-order valence-corrected chi connectivity index (χ2v) is 5.16. The molecule has 2 aromatic heterocycles. The van der Waals surface area contributed by atoms with Crippen LogP contribution in [0.4, 0.5) is 0 Å². The first-order valence-corrected chi connectivity index (χ1v) is 6.74. The summed E-state index contributed by atoms with van der Waals surface area (Å²) in [6.07, 6.45) is 4.65. The molecule has 2 heterocycles. The monoisotopic (exact) mass is 322 g/mol. The first kappa shape index (κ1) is 12.3. The summed E-state index contributed by atoms with van der Waals surface area (Å²) in [4.78, 5) is 10.6. The van der Waals surface area contributed by atoms with Crippen molar-refractivity contribution in [1.29, 1.82) is 0 Å². The van der Waals surface area contributed by atoms with Crippen LogP contribution in [0.15, 0.2) is 38.0 Å². The van der Waals surface area contributed by atoms with Gasteiger partial charge in [0.1, 0.15) is 11.2 Å². The highest BCUT2D eigenvalue weighted by Crippen LogP contribution is 2.38. The third-order valence-corrected chi connectivity index (χ3v) is 3.97. The van der Waals surface area contributed by atoms with Gasteiger partial charge in [0.2, 0.25) is 0 Å². The molecule has 0 saturated carbocycles. The third kappa shape index (κ3) is 2.04. The van der Waals surface area contributed by atoms with Crippen molar-refractivity contribution in [2.75, 3.05) is 0 Å². The Morgan fingerprint density at radius 3 is 2.58 bits per heavy atom. The van der Waals surface area contributed by atoms with Crippen LogP contribution in [0.25, 0.3) is 21.9 Å². The van der Waals surface area contributed by atoms with Crippen LogP contribution >= 0.6 is 15.9 Å². The van der Waals surface area contributed by atoms with Crippen LogP contribution in [0.2, 0.25) is 0 Å². The Bertz CT molecular complexity index is 702. The van der Waals surface area contributed by atoms with Crippen LogP contribution in [0, 0.1) is 0 Å². The number of hydrogen-bond donors (Lipinski definition) is 1. The van der Waals surface area contributed by atoms with E-state index in [1.807, 2.05) is 12.1 Å². The lowest BCUT2D eigenvalue weighted by atomic mass is 10.0. The summed E-state index contributed by atoms with van der Waals surface area (Å²) < 4.78 is 11.9. The Labute approximate surface area is 117 Å². The van der Waals surface area contributed by atoms with Crippen molar-refractivity contribution in [2.24, 2.45) is 0 Å². The van der Waals surface area contributed by atoms with Crippen molar-refractivity contribution in [2.45, 2.75) is 19.3 Å². The number of carbonyl (C=O) groups is 1. The molecule has 0 atom stereocenters. The van der Waals surface area contributed by atoms with Crippen molar-refractivity contribution in [3.63, 3.8) is 0 Å². The molecular formula is C14H11BrO4. The van der Waals surface area contributed by atoms with Gasteiger partial charge in [0.25, 0.3) is 0 Å². The molecule has 0 amide bonds. The maximum Gasteiger partial charge on any atom is 0.303 e. The average molecular weight is 323 g/mol. The van der Waals surface area contributed by atoms with Gasteiger partial charge in [-0.15, -0.1) is 0 Å². The van der Waals surface area contributed by atoms with Crippen molar-refractivity contribution >= 4 is 43.8 Å². The van der Waals surface area contributed by atoms with Crippen LogP contribution in [0.5, 0.6) is 0 Å². The predicted octanol–water partition coefficient (Wildman–Crippen LogP) is 4.35. The standard InChI is InChI=1S/C14H11BrO4/c15-12-10-5-7-18-13(10)8(2-1-3-11(16)17)9-4-6-19-14(9)12/h4-7H,1-3H2,(H,16,17). The topological polar surface area (TPSA) is 63.6 Å². The Balaban J connectivity index is 2.13. The van der Waals surface area contributed by atoms with E-state index in [4.69, 9.17) is 13.9 Å². The SMILES string of the molecule is O=C(O)CCCc1c2ccoc2c(Br)c2ccoc12. The summed E-state index contributed by atoms with van der Waals surface area (Å²) in [6, 6.07) is 3.76. The molecule has 98 valence electrons. The van der Waals surface area contributed by atoms with E-state index in [0.717, 1.165) is 32.0 Å². The van der Waals surface area contributed by atoms with E-state index in [2.05, 4.69) is 15.9 Å². The number of benzene rings is 1. The van der Waals surface area contributed by atoms with Gasteiger partial charge in [0.15, 0.2) is 0 Å². The number of fused-ring (bicyclic) bond motifs is 2. The van der Waals surface area contributed by atoms with E-state index in [1.165, 1.54) is 0 Å². The summed E-state index contributed by atoms with van der Waals surface area (Å²) >= 11 is 3.52. The van der Waals surface area contributed by atoms with Crippen LogP contribution < -0.4 is 0 Å². The van der Waals surface area contributed by atoms with Gasteiger partial charge in [-0.2, -0.15) is 0 Å². The Morgan fingerprint density at radius 2 is 1.84 bits per heavy atom. The lowest BCUT2D eigenvalue weighted by Gasteiger charge is -2.05. The highest BCUT2D eigenvalue weighted by Gasteiger charge is 2.17. The summed E-state index contributed by atoms with van der Waals surface area (Å²) in [6.45, 7) is 0. The lowest BCUT2D eigenvalue weighted by molar-refractivity contribution is -0.137. The molecule has 0 spiro atoms. The molecule has 1 N–H and O–H groups in total. The summed E-state index contributed by atoms with van der Waals surface area (Å²) in [7, 11) is 0. The zero-order chi connectivity index (χ0) is 13.4. The number of carboxylic acid groups (broad SMARTS) is 1. The molecule has 0 aliphatic rings. The molecule has 0 bridgehead atoms. The van der Waals surface area contributed by atoms with Crippen LogP contribution in [0.3, 0.4) is 0 Å². The zero-order valence-electron chi connectivity index (χ0n) is 9.98. The van der Waals surface area contributed by atoms with Gasteiger partial charge in [0, 0.05) is 22.8 Å². The Hall–Kier alpha value is -1.75. The molecule has 0 unspecified atom stereocenters. The second kappa shape index (κ2) is 4.74. The molecular weight excluding hydrogens is 312 g/mol. The average Bonchev–Trinajstić information content (AvgIpc) is 3.01. The molecule has 3 rings (SSSR count). The number of aryl methyl sites for hydroxylation is 1. The summed E-state index contributed by atoms with van der Waals surface area (Å²) in [5, 5.41) is 10.7. The normalized spacial score (nSPS) is 11.4. The fourth-order valence-electron chi connectivity index (χ4n) is 2.34. The summed E-state index contributed by atoms with van der Waals surface area (Å²) in [5.74, 6) is -0.781. The second-order valence-electron chi connectivity index (χ2n) is 4.37. The molecule has 1 aromatic carbocycles. The summed E-state index contributed by atoms with van der Waals surface area (Å²) in [5.41, 5.74) is 2.58. The van der Waals surface area contributed by atoms with Crippen LogP contribution in [0.1, 0.15) is 18.4 Å². The zero-order valence-corrected chi connectivity index (χ0v) is 11.6. The van der Waals surface area contributed by atoms with Gasteiger partial charge in [0.05, 0.1) is 17.0 Å². The minimum atomic E-state index is -0.781. The molecule has 0 aliphatic carbocycles. The number of furan rings is 2. The van der Waals surface area contributed by atoms with E-state index >= 15 is 0 Å². The number of carboxylic acids is 1. The number of aliphatic carboxylic acids is 1. The lowest BCUT2D eigenvalue weighted by Crippen LogP contribution is -1.96. The van der Waals surface area contributed by atoms with Gasteiger partial charge >= 0.3 is 5.97 Å². The molecule has 4 nitrogen and oxygen atoms in total. The largest absolute Gasteiger partial charge is 0.481 e. The van der Waals surface area contributed by atoms with Gasteiger partial charge in [-0.05, 0) is 40.9 Å². The van der Waals surface area contributed by atoms with E-state index in [0.29, 0.717) is 12.8 Å². The third-order valence-electron chi connectivity index (χ3n) is 3.18. The number of rotatable bonds is 4. The van der Waals surface area contributed by atoms with Crippen LogP contribution in [-0.2, 0) is 11.2 Å². The number of hydrogen-bond acceptors (Lipinski definition) is 3. The van der Waals surface area contributed by atoms with E-state index in [-0.39, 0.29) is 6.42 Å². The molecule has 5 heteroatoms. The first-order valence-electron chi connectivity index (χ1n) is 5.95.